The van der Waals surface area contributed by atoms with Crippen LogP contribution in [0.15, 0.2) is 47.3 Å². The topological polar surface area (TPSA) is 74.8 Å². The Hall–Kier alpha value is -2.95. The normalized spacial score (nSPS) is 11.0. The maximum Gasteiger partial charge on any atom is 0.272 e. The number of carbonyl (C=O) groups excluding carboxylic acids is 1. The van der Waals surface area contributed by atoms with E-state index < -0.39 is 0 Å². The van der Waals surface area contributed by atoms with Gasteiger partial charge in [0.25, 0.3) is 5.56 Å². The first-order valence-corrected chi connectivity index (χ1v) is 8.33. The summed E-state index contributed by atoms with van der Waals surface area (Å²) in [5, 5.41) is 10.8. The molecular formula is C20H21N3O2. The summed E-state index contributed by atoms with van der Waals surface area (Å²) in [7, 11) is 0. The highest BCUT2D eigenvalue weighted by atomic mass is 16.1. The molecule has 1 aromatic heterocycles. The van der Waals surface area contributed by atoms with Crippen molar-refractivity contribution < 1.29 is 4.79 Å². The third kappa shape index (κ3) is 3.45. The fraction of sp³-hybridized carbons (Fsp3) is 0.250. The van der Waals surface area contributed by atoms with E-state index in [1.807, 2.05) is 37.3 Å². The second kappa shape index (κ2) is 6.89. The molecule has 0 aliphatic carbocycles. The Labute approximate surface area is 146 Å². The Balaban J connectivity index is 1.90. The maximum absolute atomic E-state index is 12.6. The van der Waals surface area contributed by atoms with Gasteiger partial charge in [0.05, 0.1) is 17.5 Å². The van der Waals surface area contributed by atoms with Gasteiger partial charge < -0.3 is 5.32 Å². The number of hydrogen-bond donors (Lipinski definition) is 2. The van der Waals surface area contributed by atoms with Gasteiger partial charge in [0.15, 0.2) is 0 Å². The molecule has 0 fully saturated rings. The van der Waals surface area contributed by atoms with E-state index in [2.05, 4.69) is 29.4 Å². The summed E-state index contributed by atoms with van der Waals surface area (Å²) >= 11 is 0. The number of para-hydroxylation sites is 1. The van der Waals surface area contributed by atoms with E-state index in [4.69, 9.17) is 0 Å². The first-order valence-electron chi connectivity index (χ1n) is 8.33. The van der Waals surface area contributed by atoms with Crippen LogP contribution in [-0.4, -0.2) is 16.1 Å². The Morgan fingerprint density at radius 2 is 1.84 bits per heavy atom. The molecule has 0 bridgehead atoms. The molecule has 1 amide bonds. The lowest BCUT2D eigenvalue weighted by molar-refractivity contribution is -0.115. The summed E-state index contributed by atoms with van der Waals surface area (Å²) in [5.74, 6) is 0.156. The molecule has 0 radical (unpaired) electrons. The van der Waals surface area contributed by atoms with Crippen molar-refractivity contribution in [3.8, 4) is 0 Å². The number of rotatable bonds is 4. The van der Waals surface area contributed by atoms with Crippen molar-refractivity contribution in [1.29, 1.82) is 0 Å². The van der Waals surface area contributed by atoms with Gasteiger partial charge in [0, 0.05) is 11.1 Å². The molecule has 0 unspecified atom stereocenters. The summed E-state index contributed by atoms with van der Waals surface area (Å²) in [6, 6.07) is 13.2. The molecule has 3 rings (SSSR count). The van der Waals surface area contributed by atoms with Crippen LogP contribution in [-0.2, 0) is 11.2 Å². The van der Waals surface area contributed by atoms with Gasteiger partial charge in [-0.3, -0.25) is 9.59 Å². The van der Waals surface area contributed by atoms with Crippen molar-refractivity contribution in [3.63, 3.8) is 0 Å². The summed E-state index contributed by atoms with van der Waals surface area (Å²) in [6.07, 6.45) is 0.100. The maximum atomic E-state index is 12.6. The fourth-order valence-corrected chi connectivity index (χ4v) is 2.98. The van der Waals surface area contributed by atoms with Crippen LogP contribution in [0.1, 0.15) is 36.6 Å². The second-order valence-corrected chi connectivity index (χ2v) is 6.46. The first-order chi connectivity index (χ1) is 12.0. The molecule has 0 saturated carbocycles. The van der Waals surface area contributed by atoms with Crippen molar-refractivity contribution in [2.24, 2.45) is 0 Å². The van der Waals surface area contributed by atoms with Gasteiger partial charge in [0.2, 0.25) is 5.91 Å². The molecule has 25 heavy (non-hydrogen) atoms. The minimum atomic E-state index is -0.249. The number of hydrogen-bond acceptors (Lipinski definition) is 3. The number of aromatic nitrogens is 2. The number of aromatic amines is 1. The molecular weight excluding hydrogens is 314 g/mol. The lowest BCUT2D eigenvalue weighted by Gasteiger charge is -2.16. The number of aryl methyl sites for hydroxylation is 1. The van der Waals surface area contributed by atoms with Crippen LogP contribution in [0.5, 0.6) is 0 Å². The summed E-state index contributed by atoms with van der Waals surface area (Å²) in [5.41, 5.74) is 3.30. The fourth-order valence-electron chi connectivity index (χ4n) is 2.98. The van der Waals surface area contributed by atoms with Crippen molar-refractivity contribution in [2.45, 2.75) is 33.1 Å². The second-order valence-electron chi connectivity index (χ2n) is 6.46. The van der Waals surface area contributed by atoms with Gasteiger partial charge in [-0.25, -0.2) is 5.10 Å². The van der Waals surface area contributed by atoms with E-state index >= 15 is 0 Å². The highest BCUT2D eigenvalue weighted by Gasteiger charge is 2.14. The predicted molar refractivity (Wildman–Crippen MR) is 100.0 cm³/mol. The van der Waals surface area contributed by atoms with E-state index in [0.29, 0.717) is 22.4 Å². The van der Waals surface area contributed by atoms with Crippen molar-refractivity contribution in [2.75, 3.05) is 5.32 Å². The third-order valence-electron chi connectivity index (χ3n) is 4.29. The highest BCUT2D eigenvalue weighted by molar-refractivity contribution is 5.96. The number of H-pyrrole nitrogens is 1. The monoisotopic (exact) mass is 335 g/mol. The molecule has 5 heteroatoms. The number of benzene rings is 2. The van der Waals surface area contributed by atoms with E-state index in [1.54, 1.807) is 12.1 Å². The van der Waals surface area contributed by atoms with Crippen molar-refractivity contribution >= 4 is 22.4 Å². The highest BCUT2D eigenvalue weighted by Crippen LogP contribution is 2.27. The van der Waals surface area contributed by atoms with E-state index in [0.717, 1.165) is 16.8 Å². The SMILES string of the molecule is Cc1cccc(C(C)C)c1NC(=O)Cc1n[nH]c(=O)c2ccccc12. The number of nitrogens with zero attached hydrogens (tertiary/aromatic N) is 1. The van der Waals surface area contributed by atoms with E-state index in [-0.39, 0.29) is 17.9 Å². The van der Waals surface area contributed by atoms with Gasteiger partial charge in [-0.15, -0.1) is 0 Å². The zero-order valence-electron chi connectivity index (χ0n) is 14.6. The zero-order valence-corrected chi connectivity index (χ0v) is 14.6. The molecule has 5 nitrogen and oxygen atoms in total. The quantitative estimate of drug-likeness (QED) is 0.766. The number of amides is 1. The molecule has 0 aliphatic rings. The van der Waals surface area contributed by atoms with Crippen molar-refractivity contribution in [1.82, 2.24) is 10.2 Å². The van der Waals surface area contributed by atoms with Gasteiger partial charge in [0.1, 0.15) is 0 Å². The molecule has 3 aromatic rings. The van der Waals surface area contributed by atoms with Crippen LogP contribution >= 0.6 is 0 Å². The Morgan fingerprint density at radius 3 is 2.56 bits per heavy atom. The minimum absolute atomic E-state index is 0.100. The van der Waals surface area contributed by atoms with Crippen LogP contribution in [0.3, 0.4) is 0 Å². The van der Waals surface area contributed by atoms with Crippen LogP contribution in [0.4, 0.5) is 5.69 Å². The average molecular weight is 335 g/mol. The summed E-state index contributed by atoms with van der Waals surface area (Å²) < 4.78 is 0. The molecule has 2 N–H and O–H groups in total. The molecule has 0 atom stereocenters. The smallest absolute Gasteiger partial charge is 0.272 e. The molecule has 128 valence electrons. The lowest BCUT2D eigenvalue weighted by atomic mass is 9.98. The van der Waals surface area contributed by atoms with Gasteiger partial charge in [-0.05, 0) is 30.0 Å². The first kappa shape index (κ1) is 16.9. The van der Waals surface area contributed by atoms with Crippen molar-refractivity contribution in [3.05, 3.63) is 69.6 Å². The van der Waals surface area contributed by atoms with E-state index in [1.165, 1.54) is 0 Å². The molecule has 0 aliphatic heterocycles. The molecule has 0 spiro atoms. The Morgan fingerprint density at radius 1 is 1.12 bits per heavy atom. The standard InChI is InChI=1S/C20H21N3O2/c1-12(2)14-10-6-7-13(3)19(14)21-18(24)11-17-15-8-4-5-9-16(15)20(25)23-22-17/h4-10,12H,11H2,1-3H3,(H,21,24)(H,23,25). The summed E-state index contributed by atoms with van der Waals surface area (Å²) in [6.45, 7) is 6.18. The zero-order chi connectivity index (χ0) is 18.0. The van der Waals surface area contributed by atoms with Crippen LogP contribution in [0.25, 0.3) is 10.8 Å². The average Bonchev–Trinajstić information content (AvgIpc) is 2.59. The van der Waals surface area contributed by atoms with E-state index in [9.17, 15) is 9.59 Å². The van der Waals surface area contributed by atoms with Crippen LogP contribution in [0.2, 0.25) is 0 Å². The Bertz CT molecular complexity index is 990. The number of carbonyl (C=O) groups is 1. The van der Waals surface area contributed by atoms with Crippen LogP contribution < -0.4 is 10.9 Å². The van der Waals surface area contributed by atoms with Gasteiger partial charge >= 0.3 is 0 Å². The number of nitrogens with one attached hydrogen (secondary N) is 2. The molecule has 2 aromatic carbocycles. The number of fused-ring (bicyclic) bond motifs is 1. The Kier molecular flexibility index (Phi) is 4.65. The summed E-state index contributed by atoms with van der Waals surface area (Å²) in [4.78, 5) is 24.4. The largest absolute Gasteiger partial charge is 0.325 e. The third-order valence-corrected chi connectivity index (χ3v) is 4.29. The molecule has 1 heterocycles. The molecule has 0 saturated heterocycles. The van der Waals surface area contributed by atoms with Gasteiger partial charge in [-0.1, -0.05) is 50.2 Å². The minimum Gasteiger partial charge on any atom is -0.325 e. The predicted octanol–water partition coefficient (Wildman–Crippen LogP) is 3.54. The van der Waals surface area contributed by atoms with Gasteiger partial charge in [-0.2, -0.15) is 5.10 Å². The van der Waals surface area contributed by atoms with Crippen LogP contribution in [0, 0.1) is 6.92 Å². The number of anilines is 1. The lowest BCUT2D eigenvalue weighted by Crippen LogP contribution is -2.19.